The molecule has 158 valence electrons. The number of rotatable bonds is 2. The fraction of sp³-hybridized carbons (Fsp3) is 0. The Balaban J connectivity index is 1.45. The first-order chi connectivity index (χ1) is 16.8. The van der Waals surface area contributed by atoms with Crippen molar-refractivity contribution in [2.24, 2.45) is 0 Å². The van der Waals surface area contributed by atoms with E-state index in [-0.39, 0.29) is 0 Å². The van der Waals surface area contributed by atoms with Gasteiger partial charge in [0.2, 0.25) is 0 Å². The molecule has 0 radical (unpaired) electrons. The molecule has 3 aromatic heterocycles. The molecular weight excluding hydrogens is 414 g/mol. The molecule has 3 nitrogen and oxygen atoms in total. The average Bonchev–Trinajstić information content (AvgIpc) is 2.92. The Labute approximate surface area is 196 Å². The van der Waals surface area contributed by atoms with Crippen LogP contribution in [0.5, 0.6) is 0 Å². The number of pyridine rings is 3. The van der Waals surface area contributed by atoms with E-state index in [9.17, 15) is 0 Å². The Morgan fingerprint density at radius 1 is 0.471 bits per heavy atom. The summed E-state index contributed by atoms with van der Waals surface area (Å²) in [5.74, 6) is 0. The zero-order valence-corrected chi connectivity index (χ0v) is 18.3. The Hall–Kier alpha value is -4.63. The van der Waals surface area contributed by atoms with Gasteiger partial charge in [-0.3, -0.25) is 4.98 Å². The van der Waals surface area contributed by atoms with Gasteiger partial charge < -0.3 is 0 Å². The molecule has 0 fully saturated rings. The summed E-state index contributed by atoms with van der Waals surface area (Å²) in [5.41, 5.74) is 6.87. The topological polar surface area (TPSA) is 38.7 Å². The number of hydrogen-bond donors (Lipinski definition) is 0. The van der Waals surface area contributed by atoms with E-state index in [1.165, 1.54) is 10.8 Å². The quantitative estimate of drug-likeness (QED) is 0.261. The highest BCUT2D eigenvalue weighted by atomic mass is 14.8. The maximum atomic E-state index is 5.12. The second-order valence-corrected chi connectivity index (χ2v) is 8.54. The number of aromatic nitrogens is 3. The van der Waals surface area contributed by atoms with Gasteiger partial charge in [0.25, 0.3) is 0 Å². The van der Waals surface area contributed by atoms with E-state index in [2.05, 4.69) is 96.0 Å². The standard InChI is InChI=1S/C31H19N3/c1-2-6-23-19-24(13-10-20(23)5-1)27-16-14-21-11-12-22-15-17-29(34-31(22)30(21)33-27)26-7-3-9-28-25(26)8-4-18-32-28/h1-19H. The Kier molecular flexibility index (Phi) is 4.15. The molecule has 0 aliphatic heterocycles. The van der Waals surface area contributed by atoms with Crippen LogP contribution in [0.2, 0.25) is 0 Å². The number of benzene rings is 4. The van der Waals surface area contributed by atoms with Crippen molar-refractivity contribution in [1.82, 2.24) is 15.0 Å². The first-order valence-electron chi connectivity index (χ1n) is 11.4. The van der Waals surface area contributed by atoms with Gasteiger partial charge >= 0.3 is 0 Å². The van der Waals surface area contributed by atoms with Crippen LogP contribution in [0.1, 0.15) is 0 Å². The molecule has 0 aliphatic carbocycles. The normalized spacial score (nSPS) is 11.5. The monoisotopic (exact) mass is 433 g/mol. The third kappa shape index (κ3) is 3.02. The second kappa shape index (κ2) is 7.46. The van der Waals surface area contributed by atoms with Crippen LogP contribution < -0.4 is 0 Å². The van der Waals surface area contributed by atoms with E-state index in [0.29, 0.717) is 0 Å². The fourth-order valence-electron chi connectivity index (χ4n) is 4.75. The minimum absolute atomic E-state index is 0.915. The first kappa shape index (κ1) is 18.9. The molecule has 0 atom stereocenters. The number of fused-ring (bicyclic) bond motifs is 5. The van der Waals surface area contributed by atoms with Gasteiger partial charge in [-0.05, 0) is 41.1 Å². The maximum absolute atomic E-state index is 5.12. The van der Waals surface area contributed by atoms with E-state index in [1.54, 1.807) is 0 Å². The van der Waals surface area contributed by atoms with Crippen LogP contribution >= 0.6 is 0 Å². The lowest BCUT2D eigenvalue weighted by atomic mass is 10.0. The molecule has 4 aromatic carbocycles. The Bertz CT molecular complexity index is 1870. The highest BCUT2D eigenvalue weighted by Crippen LogP contribution is 2.31. The van der Waals surface area contributed by atoms with Gasteiger partial charge in [-0.25, -0.2) is 9.97 Å². The average molecular weight is 434 g/mol. The summed E-state index contributed by atoms with van der Waals surface area (Å²) in [6, 6.07) is 37.9. The molecule has 0 bridgehead atoms. The predicted molar refractivity (Wildman–Crippen MR) is 141 cm³/mol. The molecule has 3 heterocycles. The second-order valence-electron chi connectivity index (χ2n) is 8.54. The van der Waals surface area contributed by atoms with Gasteiger partial charge in [0.1, 0.15) is 0 Å². The summed E-state index contributed by atoms with van der Waals surface area (Å²) in [6.07, 6.45) is 1.83. The molecular formula is C31H19N3. The SMILES string of the molecule is c1ccc2cc(-c3ccc4ccc5ccc(-c6cccc7ncccc67)nc5c4n3)ccc2c1. The van der Waals surface area contributed by atoms with E-state index in [0.717, 1.165) is 55.2 Å². The molecule has 0 N–H and O–H groups in total. The Morgan fingerprint density at radius 2 is 1.18 bits per heavy atom. The summed E-state index contributed by atoms with van der Waals surface area (Å²) in [7, 11) is 0. The van der Waals surface area contributed by atoms with Crippen molar-refractivity contribution in [3.05, 3.63) is 115 Å². The van der Waals surface area contributed by atoms with E-state index in [1.807, 2.05) is 24.4 Å². The fourth-order valence-corrected chi connectivity index (χ4v) is 4.75. The lowest BCUT2D eigenvalue weighted by molar-refractivity contribution is 1.36. The van der Waals surface area contributed by atoms with Crippen molar-refractivity contribution in [2.75, 3.05) is 0 Å². The summed E-state index contributed by atoms with van der Waals surface area (Å²) >= 11 is 0. The third-order valence-electron chi connectivity index (χ3n) is 6.49. The molecule has 0 unspecified atom stereocenters. The summed E-state index contributed by atoms with van der Waals surface area (Å²) in [4.78, 5) is 14.7. The summed E-state index contributed by atoms with van der Waals surface area (Å²) < 4.78 is 0. The molecule has 0 saturated heterocycles. The van der Waals surface area contributed by atoms with Crippen LogP contribution in [0.4, 0.5) is 0 Å². The van der Waals surface area contributed by atoms with Gasteiger partial charge in [-0.15, -0.1) is 0 Å². The highest BCUT2D eigenvalue weighted by Gasteiger charge is 2.11. The van der Waals surface area contributed by atoms with Crippen LogP contribution in [-0.2, 0) is 0 Å². The maximum Gasteiger partial charge on any atom is 0.0972 e. The molecule has 3 heteroatoms. The van der Waals surface area contributed by atoms with Crippen molar-refractivity contribution in [2.45, 2.75) is 0 Å². The molecule has 0 aliphatic rings. The first-order valence-corrected chi connectivity index (χ1v) is 11.4. The summed E-state index contributed by atoms with van der Waals surface area (Å²) in [5, 5.41) is 5.71. The highest BCUT2D eigenvalue weighted by molar-refractivity contribution is 6.05. The largest absolute Gasteiger partial charge is 0.256 e. The van der Waals surface area contributed by atoms with Crippen LogP contribution in [-0.4, -0.2) is 15.0 Å². The van der Waals surface area contributed by atoms with Crippen LogP contribution in [0.15, 0.2) is 115 Å². The predicted octanol–water partition coefficient (Wildman–Crippen LogP) is 7.82. The van der Waals surface area contributed by atoms with Crippen molar-refractivity contribution < 1.29 is 0 Å². The lowest BCUT2D eigenvalue weighted by Crippen LogP contribution is -1.92. The van der Waals surface area contributed by atoms with E-state index < -0.39 is 0 Å². The lowest BCUT2D eigenvalue weighted by Gasteiger charge is -2.10. The van der Waals surface area contributed by atoms with E-state index in [4.69, 9.17) is 9.97 Å². The summed E-state index contributed by atoms with van der Waals surface area (Å²) in [6.45, 7) is 0. The molecule has 34 heavy (non-hydrogen) atoms. The van der Waals surface area contributed by atoms with Gasteiger partial charge in [0.15, 0.2) is 0 Å². The van der Waals surface area contributed by atoms with Crippen LogP contribution in [0, 0.1) is 0 Å². The van der Waals surface area contributed by atoms with Crippen molar-refractivity contribution in [1.29, 1.82) is 0 Å². The zero-order chi connectivity index (χ0) is 22.5. The van der Waals surface area contributed by atoms with Gasteiger partial charge in [-0.2, -0.15) is 0 Å². The van der Waals surface area contributed by atoms with E-state index >= 15 is 0 Å². The third-order valence-corrected chi connectivity index (χ3v) is 6.49. The minimum Gasteiger partial charge on any atom is -0.256 e. The van der Waals surface area contributed by atoms with Gasteiger partial charge in [0.05, 0.1) is 27.9 Å². The smallest absolute Gasteiger partial charge is 0.0972 e. The number of nitrogens with zero attached hydrogens (tertiary/aromatic N) is 3. The van der Waals surface area contributed by atoms with Gasteiger partial charge in [0, 0.05) is 33.5 Å². The van der Waals surface area contributed by atoms with Crippen LogP contribution in [0.3, 0.4) is 0 Å². The molecule has 0 amide bonds. The molecule has 0 saturated carbocycles. The van der Waals surface area contributed by atoms with Crippen molar-refractivity contribution in [3.8, 4) is 22.5 Å². The molecule has 7 rings (SSSR count). The zero-order valence-electron chi connectivity index (χ0n) is 18.3. The Morgan fingerprint density at radius 3 is 2.03 bits per heavy atom. The van der Waals surface area contributed by atoms with Gasteiger partial charge in [-0.1, -0.05) is 78.9 Å². The molecule has 7 aromatic rings. The van der Waals surface area contributed by atoms with Crippen molar-refractivity contribution in [3.63, 3.8) is 0 Å². The van der Waals surface area contributed by atoms with Crippen LogP contribution in [0.25, 0.3) is 66.0 Å². The van der Waals surface area contributed by atoms with Crippen molar-refractivity contribution >= 4 is 43.5 Å². The molecule has 0 spiro atoms. The number of hydrogen-bond acceptors (Lipinski definition) is 3. The minimum atomic E-state index is 0.915.